The molecule has 5 aliphatic rings. The molecule has 2 saturated carbocycles. The Morgan fingerprint density at radius 1 is 1.04 bits per heavy atom. The zero-order valence-electron chi connectivity index (χ0n) is 32.8. The van der Waals surface area contributed by atoms with Gasteiger partial charge >= 0.3 is 11.9 Å². The molecule has 2 bridgehead atoms. The summed E-state index contributed by atoms with van der Waals surface area (Å²) in [5, 5.41) is 13.9. The Kier molecular flexibility index (Phi) is 10.4. The molecule has 2 aliphatic heterocycles. The van der Waals surface area contributed by atoms with Gasteiger partial charge in [0.25, 0.3) is 0 Å². The van der Waals surface area contributed by atoms with Crippen LogP contribution in [-0.4, -0.2) is 92.2 Å². The van der Waals surface area contributed by atoms with Crippen LogP contribution >= 0.6 is 0 Å². The van der Waals surface area contributed by atoms with Gasteiger partial charge in [0.05, 0.1) is 43.0 Å². The highest BCUT2D eigenvalue weighted by Gasteiger charge is 2.79. The number of carbonyl (C=O) groups is 2. The molecule has 2 saturated heterocycles. The van der Waals surface area contributed by atoms with E-state index < -0.39 is 90.6 Å². The Morgan fingerprint density at radius 3 is 2.25 bits per heavy atom. The monoisotopic (exact) mass is 740 g/mol. The van der Waals surface area contributed by atoms with Crippen molar-refractivity contribution in [2.45, 2.75) is 154 Å². The lowest BCUT2D eigenvalue weighted by atomic mass is 9.44. The number of fused-ring (bicyclic) bond motifs is 8. The van der Waals surface area contributed by atoms with Gasteiger partial charge in [-0.15, -0.1) is 6.58 Å². The summed E-state index contributed by atoms with van der Waals surface area (Å²) >= 11 is 0. The minimum Gasteiger partial charge on any atom is -0.455 e. The Hall–Kier alpha value is -2.38. The first kappa shape index (κ1) is 39.3. The van der Waals surface area contributed by atoms with Crippen molar-refractivity contribution in [3.05, 3.63) is 59.7 Å². The van der Waals surface area contributed by atoms with Crippen LogP contribution in [0.5, 0.6) is 0 Å². The predicted octanol–water partition coefficient (Wildman–Crippen LogP) is 6.91. The molecule has 4 fully saturated rings. The SMILES string of the molecule is C=CCO[C@H]1C[C@H]2OC[C@@]2(OC(C)=O)[C@H]2[C@H](OC(=O)c3ccccc3)[C@]3(O)C[C@H](O[Si](CC)(CC)CC)C(C)=C([C@H]4OC(C)(C)O[C@H]4[C@]12C)C3(C)C. The summed E-state index contributed by atoms with van der Waals surface area (Å²) in [6.45, 7) is 24.1. The van der Waals surface area contributed by atoms with E-state index in [-0.39, 0.29) is 19.6 Å². The maximum absolute atomic E-state index is 14.4. The third-order valence-electron chi connectivity index (χ3n) is 13.6. The lowest BCUT2D eigenvalue weighted by molar-refractivity contribution is -0.365. The molecule has 1 aromatic carbocycles. The number of ether oxygens (including phenoxy) is 6. The van der Waals surface area contributed by atoms with Crippen molar-refractivity contribution in [1.82, 2.24) is 0 Å². The molecule has 11 heteroatoms. The Morgan fingerprint density at radius 2 is 1.69 bits per heavy atom. The van der Waals surface area contributed by atoms with E-state index in [9.17, 15) is 14.7 Å². The van der Waals surface area contributed by atoms with E-state index >= 15 is 0 Å². The molecule has 0 amide bonds. The van der Waals surface area contributed by atoms with Crippen LogP contribution in [0.4, 0.5) is 0 Å². The first-order valence-corrected chi connectivity index (χ1v) is 21.7. The topological polar surface area (TPSA) is 119 Å². The van der Waals surface area contributed by atoms with E-state index in [0.29, 0.717) is 12.0 Å². The summed E-state index contributed by atoms with van der Waals surface area (Å²) in [6.07, 6.45) is -1.93. The number of benzene rings is 1. The van der Waals surface area contributed by atoms with Crippen LogP contribution in [0.3, 0.4) is 0 Å². The van der Waals surface area contributed by atoms with E-state index in [0.717, 1.165) is 29.3 Å². The number of rotatable bonds is 11. The molecule has 1 N–H and O–H groups in total. The van der Waals surface area contributed by atoms with Crippen molar-refractivity contribution < 1.29 is 47.5 Å². The lowest BCUT2D eigenvalue weighted by Gasteiger charge is -2.69. The lowest BCUT2D eigenvalue weighted by Crippen LogP contribution is -2.82. The van der Waals surface area contributed by atoms with Crippen LogP contribution < -0.4 is 0 Å². The predicted molar refractivity (Wildman–Crippen MR) is 198 cm³/mol. The molecule has 0 aromatic heterocycles. The second-order valence-electron chi connectivity index (χ2n) is 16.9. The Bertz CT molecular complexity index is 1560. The average Bonchev–Trinajstić information content (AvgIpc) is 3.42. The van der Waals surface area contributed by atoms with E-state index in [1.54, 1.807) is 30.3 Å². The Labute approximate surface area is 310 Å². The minimum atomic E-state index is -2.24. The second kappa shape index (κ2) is 13.7. The smallest absolute Gasteiger partial charge is 0.338 e. The van der Waals surface area contributed by atoms with Gasteiger partial charge in [-0.2, -0.15) is 0 Å². The van der Waals surface area contributed by atoms with Crippen LogP contribution in [-0.2, 0) is 37.6 Å². The van der Waals surface area contributed by atoms with E-state index in [1.807, 2.05) is 33.8 Å². The standard InChI is InChI=1S/C41H60O10Si/c1-12-21-45-29-22-30-40(24-46-30,48-26(6)42)33-35(47-36(43)27-19-17-16-18-20-27)41(44)23-28(51-52(13-2,14-3)15-4)25(5)31(37(41,7)8)32-34(39(29,33)11)50-38(9,10)49-32/h12,16-20,28-30,32-35,44H,1,13-15,21-24H2,2-11H3/t28-,29-,30+,32+,33-,34+,35-,39+,40-,41+/m0/s1. The summed E-state index contributed by atoms with van der Waals surface area (Å²) in [7, 11) is -2.24. The maximum atomic E-state index is 14.4. The first-order valence-electron chi connectivity index (χ1n) is 19.2. The zero-order chi connectivity index (χ0) is 38.1. The highest BCUT2D eigenvalue weighted by Crippen LogP contribution is 2.67. The molecular weight excluding hydrogens is 681 g/mol. The number of hydrogen-bond acceptors (Lipinski definition) is 10. The molecule has 288 valence electrons. The summed E-state index contributed by atoms with van der Waals surface area (Å²) in [6, 6.07) is 11.6. The van der Waals surface area contributed by atoms with Gasteiger partial charge in [-0.25, -0.2) is 4.79 Å². The van der Waals surface area contributed by atoms with E-state index in [2.05, 4.69) is 41.2 Å². The molecule has 0 spiro atoms. The van der Waals surface area contributed by atoms with Crippen molar-refractivity contribution in [2.24, 2.45) is 16.7 Å². The minimum absolute atomic E-state index is 0.0579. The number of hydrogen-bond donors (Lipinski definition) is 1. The van der Waals surface area contributed by atoms with Gasteiger partial charge in [0.1, 0.15) is 23.9 Å². The fraction of sp³-hybridized carbons (Fsp3) is 0.707. The van der Waals surface area contributed by atoms with Crippen LogP contribution in [0.15, 0.2) is 54.1 Å². The summed E-state index contributed by atoms with van der Waals surface area (Å²) in [4.78, 5) is 27.6. The molecule has 1 aromatic rings. The maximum Gasteiger partial charge on any atom is 0.338 e. The molecule has 3 aliphatic carbocycles. The van der Waals surface area contributed by atoms with Crippen LogP contribution in [0.1, 0.15) is 92.4 Å². The highest BCUT2D eigenvalue weighted by atomic mass is 28.4. The van der Waals surface area contributed by atoms with Gasteiger partial charge in [-0.05, 0) is 62.2 Å². The van der Waals surface area contributed by atoms with Gasteiger partial charge in [-0.3, -0.25) is 4.79 Å². The second-order valence-corrected chi connectivity index (χ2v) is 21.6. The molecular formula is C41H60O10Si. The third kappa shape index (κ3) is 5.88. The molecule has 0 radical (unpaired) electrons. The van der Waals surface area contributed by atoms with Crippen molar-refractivity contribution in [3.8, 4) is 0 Å². The third-order valence-corrected chi connectivity index (χ3v) is 18.3. The van der Waals surface area contributed by atoms with Crippen LogP contribution in [0, 0.1) is 16.7 Å². The zero-order valence-corrected chi connectivity index (χ0v) is 33.8. The van der Waals surface area contributed by atoms with Gasteiger partial charge in [-0.1, -0.05) is 65.8 Å². The molecule has 0 unspecified atom stereocenters. The first-order chi connectivity index (χ1) is 24.4. The van der Waals surface area contributed by atoms with Gasteiger partial charge in [0, 0.05) is 30.6 Å². The van der Waals surface area contributed by atoms with E-state index in [4.69, 9.17) is 32.8 Å². The van der Waals surface area contributed by atoms with Crippen molar-refractivity contribution >= 4 is 20.3 Å². The largest absolute Gasteiger partial charge is 0.455 e. The number of carbonyl (C=O) groups excluding carboxylic acids is 2. The molecule has 52 heavy (non-hydrogen) atoms. The van der Waals surface area contributed by atoms with Crippen LogP contribution in [0.2, 0.25) is 18.1 Å². The number of aliphatic hydroxyl groups is 1. The fourth-order valence-electron chi connectivity index (χ4n) is 10.6. The van der Waals surface area contributed by atoms with Crippen LogP contribution in [0.25, 0.3) is 0 Å². The number of esters is 2. The average molecular weight is 741 g/mol. The molecule has 2 heterocycles. The summed E-state index contributed by atoms with van der Waals surface area (Å²) < 4.78 is 47.4. The molecule has 6 rings (SSSR count). The van der Waals surface area contributed by atoms with Gasteiger partial charge < -0.3 is 38.0 Å². The molecule has 10 nitrogen and oxygen atoms in total. The van der Waals surface area contributed by atoms with Gasteiger partial charge in [0.15, 0.2) is 19.7 Å². The molecule has 10 atom stereocenters. The normalized spacial score (nSPS) is 38.8. The van der Waals surface area contributed by atoms with Crippen molar-refractivity contribution in [1.29, 1.82) is 0 Å². The summed E-state index contributed by atoms with van der Waals surface area (Å²) in [5.41, 5.74) is -2.88. The van der Waals surface area contributed by atoms with Crippen molar-refractivity contribution in [3.63, 3.8) is 0 Å². The van der Waals surface area contributed by atoms with Gasteiger partial charge in [0.2, 0.25) is 0 Å². The van der Waals surface area contributed by atoms with E-state index in [1.165, 1.54) is 6.92 Å². The summed E-state index contributed by atoms with van der Waals surface area (Å²) in [5.74, 6) is -2.97. The van der Waals surface area contributed by atoms with Crippen molar-refractivity contribution in [2.75, 3.05) is 13.2 Å². The Balaban J connectivity index is 1.69. The fourth-order valence-corrected chi connectivity index (χ4v) is 13.5. The highest BCUT2D eigenvalue weighted by molar-refractivity contribution is 6.73. The quantitative estimate of drug-likeness (QED) is 0.146.